The van der Waals surface area contributed by atoms with Crippen LogP contribution in [0.15, 0.2) is 36.4 Å². The van der Waals surface area contributed by atoms with E-state index in [-0.39, 0.29) is 51.3 Å². The fourth-order valence-electron chi connectivity index (χ4n) is 3.50. The summed E-state index contributed by atoms with van der Waals surface area (Å²) in [6.45, 7) is 6.02. The third-order valence-corrected chi connectivity index (χ3v) is 5.53. The molecule has 0 atom stereocenters. The monoisotopic (exact) mass is 505 g/mol. The molecule has 0 amide bonds. The number of imidazole rings is 1. The van der Waals surface area contributed by atoms with Crippen LogP contribution < -0.4 is 4.74 Å². The fourth-order valence-corrected chi connectivity index (χ4v) is 4.29. The normalized spacial score (nSPS) is 12.2. The van der Waals surface area contributed by atoms with Crippen molar-refractivity contribution in [2.45, 2.75) is 32.5 Å². The maximum Gasteiger partial charge on any atom is 0.573 e. The third kappa shape index (κ3) is 5.20. The average Bonchev–Trinajstić information content (AvgIpc) is 3.21. The van der Waals surface area contributed by atoms with Crippen molar-refractivity contribution in [2.24, 2.45) is 7.05 Å². The number of para-hydroxylation sites is 1. The topological polar surface area (TPSA) is 55.7 Å². The molecule has 0 unspecified atom stereocenters. The summed E-state index contributed by atoms with van der Waals surface area (Å²) >= 11 is 13.1. The molecule has 0 saturated carbocycles. The SMILES string of the molecule is Cn1nc(C(C)(C)C)c(Cl)c1-c1nc2c(Cl)cc(-c3ccccc3OC(F)(F)F)cc2[nH]1.[Na]. The summed E-state index contributed by atoms with van der Waals surface area (Å²) in [7, 11) is 1.77. The number of aryl methyl sites for hydroxylation is 1. The molecular weight excluding hydrogens is 487 g/mol. The van der Waals surface area contributed by atoms with E-state index in [1.807, 2.05) is 20.8 Å². The first kappa shape index (κ1) is 25.9. The van der Waals surface area contributed by atoms with Crippen molar-refractivity contribution in [3.63, 3.8) is 0 Å². The summed E-state index contributed by atoms with van der Waals surface area (Å²) in [5.41, 5.74) is 2.75. The van der Waals surface area contributed by atoms with Crippen LogP contribution in [0.4, 0.5) is 13.2 Å². The van der Waals surface area contributed by atoms with E-state index < -0.39 is 6.36 Å². The molecule has 2 aromatic carbocycles. The number of benzene rings is 2. The van der Waals surface area contributed by atoms with Gasteiger partial charge in [-0.1, -0.05) is 62.2 Å². The minimum Gasteiger partial charge on any atom is -0.405 e. The number of ether oxygens (including phenoxy) is 1. The first-order valence-electron chi connectivity index (χ1n) is 9.63. The molecule has 2 aromatic heterocycles. The number of hydrogen-bond acceptors (Lipinski definition) is 3. The second-order valence-corrected chi connectivity index (χ2v) is 9.15. The summed E-state index contributed by atoms with van der Waals surface area (Å²) < 4.78 is 44.3. The molecule has 0 spiro atoms. The van der Waals surface area contributed by atoms with Gasteiger partial charge >= 0.3 is 6.36 Å². The van der Waals surface area contributed by atoms with Gasteiger partial charge in [-0.25, -0.2) is 4.98 Å². The fraction of sp³-hybridized carbons (Fsp3) is 0.273. The molecule has 0 bridgehead atoms. The standard InChI is InChI=1S/C22H19Cl2F3N4O.Na/c1-21(2,3)19-16(24)18(31(4)30-19)20-28-14-10-11(9-13(23)17(14)29-20)12-7-5-6-8-15(12)32-22(25,26)27;/h5-10H,1-4H3,(H,28,29);. The summed E-state index contributed by atoms with van der Waals surface area (Å²) in [6, 6.07) is 9.10. The van der Waals surface area contributed by atoms with Gasteiger partial charge < -0.3 is 9.72 Å². The van der Waals surface area contributed by atoms with Crippen LogP contribution in [0.1, 0.15) is 26.5 Å². The Morgan fingerprint density at radius 2 is 1.73 bits per heavy atom. The molecule has 0 fully saturated rings. The van der Waals surface area contributed by atoms with Gasteiger partial charge in [0.2, 0.25) is 0 Å². The zero-order valence-corrected chi connectivity index (χ0v) is 22.1. The number of fused-ring (bicyclic) bond motifs is 1. The Morgan fingerprint density at radius 3 is 2.33 bits per heavy atom. The first-order valence-corrected chi connectivity index (χ1v) is 10.4. The number of aromatic nitrogens is 4. The van der Waals surface area contributed by atoms with Crippen molar-refractivity contribution in [2.75, 3.05) is 0 Å². The molecule has 0 aliphatic rings. The van der Waals surface area contributed by atoms with Gasteiger partial charge in [0.1, 0.15) is 17.0 Å². The smallest absolute Gasteiger partial charge is 0.405 e. The van der Waals surface area contributed by atoms with Crippen molar-refractivity contribution in [1.29, 1.82) is 0 Å². The van der Waals surface area contributed by atoms with Crippen LogP contribution in [0.2, 0.25) is 10.0 Å². The minimum atomic E-state index is -4.81. The Hall–Kier alpha value is -1.71. The van der Waals surface area contributed by atoms with Gasteiger partial charge in [-0.2, -0.15) is 5.10 Å². The molecule has 1 N–H and O–H groups in total. The van der Waals surface area contributed by atoms with Crippen molar-refractivity contribution < 1.29 is 17.9 Å². The molecule has 0 aliphatic heterocycles. The molecule has 169 valence electrons. The Kier molecular flexibility index (Phi) is 7.18. The van der Waals surface area contributed by atoms with Crippen LogP contribution in [0.5, 0.6) is 5.75 Å². The first-order chi connectivity index (χ1) is 14.8. The number of nitrogens with zero attached hydrogens (tertiary/aromatic N) is 3. The molecule has 33 heavy (non-hydrogen) atoms. The van der Waals surface area contributed by atoms with E-state index in [2.05, 4.69) is 19.8 Å². The van der Waals surface area contributed by atoms with E-state index in [1.54, 1.807) is 29.9 Å². The van der Waals surface area contributed by atoms with Gasteiger partial charge in [0, 0.05) is 47.6 Å². The Morgan fingerprint density at radius 1 is 1.06 bits per heavy atom. The molecule has 0 aliphatic carbocycles. The van der Waals surface area contributed by atoms with Crippen molar-refractivity contribution in [3.05, 3.63) is 52.1 Å². The minimum absolute atomic E-state index is 0. The van der Waals surface area contributed by atoms with E-state index in [9.17, 15) is 13.2 Å². The predicted octanol–water partition coefficient (Wildman–Crippen LogP) is 6.75. The quantitative estimate of drug-likeness (QED) is 0.313. The molecule has 2 heterocycles. The van der Waals surface area contributed by atoms with E-state index >= 15 is 0 Å². The van der Waals surface area contributed by atoms with Crippen molar-refractivity contribution in [3.8, 4) is 28.4 Å². The number of hydrogen-bond donors (Lipinski definition) is 1. The Balaban J connectivity index is 0.00000306. The van der Waals surface area contributed by atoms with Crippen LogP contribution in [-0.2, 0) is 12.5 Å². The molecule has 4 aromatic rings. The molecule has 0 saturated heterocycles. The maximum absolute atomic E-state index is 12.8. The zero-order chi connectivity index (χ0) is 23.4. The number of H-pyrrole nitrogens is 1. The molecular formula is C22H19Cl2F3N4NaO. The number of nitrogens with one attached hydrogen (secondary N) is 1. The van der Waals surface area contributed by atoms with E-state index in [4.69, 9.17) is 23.2 Å². The summed E-state index contributed by atoms with van der Waals surface area (Å²) in [6.07, 6.45) is -4.81. The van der Waals surface area contributed by atoms with E-state index in [0.29, 0.717) is 33.1 Å². The van der Waals surface area contributed by atoms with Crippen molar-refractivity contribution >= 4 is 63.8 Å². The van der Waals surface area contributed by atoms with E-state index in [1.165, 1.54) is 18.2 Å². The molecule has 11 heteroatoms. The Bertz CT molecular complexity index is 1330. The third-order valence-electron chi connectivity index (χ3n) is 4.89. The zero-order valence-electron chi connectivity index (χ0n) is 18.6. The van der Waals surface area contributed by atoms with Gasteiger partial charge in [0.15, 0.2) is 5.82 Å². The second-order valence-electron chi connectivity index (χ2n) is 8.37. The van der Waals surface area contributed by atoms with Crippen molar-refractivity contribution in [1.82, 2.24) is 19.7 Å². The number of aromatic amines is 1. The summed E-state index contributed by atoms with van der Waals surface area (Å²) in [4.78, 5) is 7.75. The van der Waals surface area contributed by atoms with Gasteiger partial charge in [0.05, 0.1) is 21.3 Å². The van der Waals surface area contributed by atoms with Gasteiger partial charge in [-0.3, -0.25) is 4.68 Å². The molecule has 5 nitrogen and oxygen atoms in total. The summed E-state index contributed by atoms with van der Waals surface area (Å²) in [5, 5.41) is 5.28. The number of alkyl halides is 3. The van der Waals surface area contributed by atoms with Crippen LogP contribution >= 0.6 is 23.2 Å². The predicted molar refractivity (Wildman–Crippen MR) is 125 cm³/mol. The molecule has 4 rings (SSSR count). The van der Waals surface area contributed by atoms with Gasteiger partial charge in [-0.15, -0.1) is 13.2 Å². The summed E-state index contributed by atoms with van der Waals surface area (Å²) in [5.74, 6) is 0.133. The van der Waals surface area contributed by atoms with Gasteiger partial charge in [0.25, 0.3) is 0 Å². The largest absolute Gasteiger partial charge is 0.573 e. The van der Waals surface area contributed by atoms with Crippen LogP contribution in [0, 0.1) is 0 Å². The second kappa shape index (κ2) is 9.15. The van der Waals surface area contributed by atoms with Crippen LogP contribution in [-0.4, -0.2) is 55.7 Å². The van der Waals surface area contributed by atoms with E-state index in [0.717, 1.165) is 5.69 Å². The average molecular weight is 506 g/mol. The maximum atomic E-state index is 12.8. The molecule has 1 radical (unpaired) electrons. The van der Waals surface area contributed by atoms with Crippen LogP contribution in [0.3, 0.4) is 0 Å². The number of rotatable bonds is 3. The van der Waals surface area contributed by atoms with Gasteiger partial charge in [-0.05, 0) is 23.8 Å². The number of halogens is 5. The van der Waals surface area contributed by atoms with Crippen LogP contribution in [0.25, 0.3) is 33.7 Å². The Labute approximate surface area is 220 Å².